The van der Waals surface area contributed by atoms with Crippen molar-refractivity contribution in [1.82, 2.24) is 0 Å². The van der Waals surface area contributed by atoms with Gasteiger partial charge in [0, 0.05) is 12.8 Å². The second kappa shape index (κ2) is 8.51. The van der Waals surface area contributed by atoms with Gasteiger partial charge in [-0.2, -0.15) is 0 Å². The van der Waals surface area contributed by atoms with E-state index >= 15 is 0 Å². The molecule has 0 amide bonds. The number of rotatable bonds is 7. The van der Waals surface area contributed by atoms with Gasteiger partial charge in [-0.1, -0.05) is 38.8 Å². The average Bonchev–Trinajstić information content (AvgIpc) is 2.06. The zero-order valence-corrected chi connectivity index (χ0v) is 8.31. The molecule has 0 saturated carbocycles. The predicted octanol–water partition coefficient (Wildman–Crippen LogP) is 3.49. The van der Waals surface area contributed by atoms with Gasteiger partial charge in [-0.25, -0.2) is 0 Å². The second-order valence-electron chi connectivity index (χ2n) is 3.08. The summed E-state index contributed by atoms with van der Waals surface area (Å²) in [5.41, 5.74) is 0. The number of ketones is 1. The van der Waals surface area contributed by atoms with Crippen LogP contribution in [-0.4, -0.2) is 5.78 Å². The van der Waals surface area contributed by atoms with E-state index < -0.39 is 0 Å². The van der Waals surface area contributed by atoms with E-state index in [4.69, 9.17) is 0 Å². The lowest BCUT2D eigenvalue weighted by molar-refractivity contribution is -0.118. The van der Waals surface area contributed by atoms with E-state index in [9.17, 15) is 4.79 Å². The van der Waals surface area contributed by atoms with Crippen LogP contribution < -0.4 is 0 Å². The number of Topliss-reactive ketones (excluding diaryl/α,β-unsaturated/α-hetero) is 1. The molecule has 0 spiro atoms. The number of hydrogen-bond acceptors (Lipinski definition) is 1. The number of carbonyl (C=O) groups excluding carboxylic acids is 1. The first kappa shape index (κ1) is 11.4. The van der Waals surface area contributed by atoms with Gasteiger partial charge >= 0.3 is 0 Å². The van der Waals surface area contributed by atoms with Gasteiger partial charge in [0.05, 0.1) is 0 Å². The van der Waals surface area contributed by atoms with Crippen LogP contribution >= 0.6 is 0 Å². The smallest absolute Gasteiger partial charge is 0.136 e. The van der Waals surface area contributed by atoms with Gasteiger partial charge in [-0.15, -0.1) is 0 Å². The Labute approximate surface area is 75.9 Å². The molecule has 0 saturated heterocycles. The van der Waals surface area contributed by atoms with Crippen molar-refractivity contribution >= 4 is 5.78 Å². The lowest BCUT2D eigenvalue weighted by atomic mass is 10.1. The van der Waals surface area contributed by atoms with Gasteiger partial charge in [0.1, 0.15) is 5.78 Å². The molecule has 0 heterocycles. The van der Waals surface area contributed by atoms with Crippen LogP contribution in [-0.2, 0) is 4.79 Å². The molecule has 0 aliphatic heterocycles. The summed E-state index contributed by atoms with van der Waals surface area (Å²) in [6.45, 7) is 4.24. The van der Waals surface area contributed by atoms with Crippen LogP contribution in [0.2, 0.25) is 0 Å². The second-order valence-corrected chi connectivity index (χ2v) is 3.08. The van der Waals surface area contributed by atoms with E-state index in [1.807, 2.05) is 6.08 Å². The summed E-state index contributed by atoms with van der Waals surface area (Å²) in [4.78, 5) is 11.1. The fourth-order valence-corrected chi connectivity index (χ4v) is 1.06. The molecule has 0 aromatic rings. The van der Waals surface area contributed by atoms with Crippen LogP contribution in [0.4, 0.5) is 0 Å². The highest BCUT2D eigenvalue weighted by atomic mass is 16.1. The summed E-state index contributed by atoms with van der Waals surface area (Å²) in [5, 5.41) is 0. The first-order chi connectivity index (χ1) is 5.81. The molecule has 1 nitrogen and oxygen atoms in total. The normalized spacial score (nSPS) is 10.8. The van der Waals surface area contributed by atoms with Crippen molar-refractivity contribution in [3.05, 3.63) is 12.2 Å². The van der Waals surface area contributed by atoms with Crippen LogP contribution in [0.1, 0.15) is 52.4 Å². The van der Waals surface area contributed by atoms with Crippen molar-refractivity contribution in [2.45, 2.75) is 52.4 Å². The molecule has 70 valence electrons. The first-order valence-corrected chi connectivity index (χ1v) is 4.98. The van der Waals surface area contributed by atoms with Crippen LogP contribution in [0, 0.1) is 0 Å². The highest BCUT2D eigenvalue weighted by Crippen LogP contribution is 2.02. The summed E-state index contributed by atoms with van der Waals surface area (Å²) in [5.74, 6) is 0.383. The molecule has 0 radical (unpaired) electrons. The van der Waals surface area contributed by atoms with Gasteiger partial charge in [0.25, 0.3) is 0 Å². The molecule has 0 bridgehead atoms. The summed E-state index contributed by atoms with van der Waals surface area (Å²) < 4.78 is 0. The minimum atomic E-state index is 0.383. The highest BCUT2D eigenvalue weighted by molar-refractivity contribution is 5.79. The Kier molecular flexibility index (Phi) is 8.09. The van der Waals surface area contributed by atoms with Crippen molar-refractivity contribution in [2.24, 2.45) is 0 Å². The Balaban J connectivity index is 3.27. The van der Waals surface area contributed by atoms with Gasteiger partial charge in [-0.05, 0) is 12.8 Å². The molecule has 0 rings (SSSR count). The third kappa shape index (κ3) is 7.52. The Bertz CT molecular complexity index is 136. The van der Waals surface area contributed by atoms with E-state index in [-0.39, 0.29) is 0 Å². The van der Waals surface area contributed by atoms with Crippen LogP contribution in [0.5, 0.6) is 0 Å². The summed E-state index contributed by atoms with van der Waals surface area (Å²) >= 11 is 0. The first-order valence-electron chi connectivity index (χ1n) is 4.98. The SMILES string of the molecule is CC/C=C/CC(=O)CCCCC. The third-order valence-corrected chi connectivity index (χ3v) is 1.81. The zero-order chi connectivity index (χ0) is 9.23. The Morgan fingerprint density at radius 3 is 2.50 bits per heavy atom. The lowest BCUT2D eigenvalue weighted by Crippen LogP contribution is -1.94. The van der Waals surface area contributed by atoms with Crippen molar-refractivity contribution in [2.75, 3.05) is 0 Å². The summed E-state index contributed by atoms with van der Waals surface area (Å²) in [7, 11) is 0. The fourth-order valence-electron chi connectivity index (χ4n) is 1.06. The van der Waals surface area contributed by atoms with Gasteiger partial charge in [0.15, 0.2) is 0 Å². The fraction of sp³-hybridized carbons (Fsp3) is 0.727. The van der Waals surface area contributed by atoms with Crippen molar-refractivity contribution in [3.8, 4) is 0 Å². The molecule has 0 aliphatic carbocycles. The average molecular weight is 168 g/mol. The van der Waals surface area contributed by atoms with Crippen LogP contribution in [0.15, 0.2) is 12.2 Å². The number of hydrogen-bond donors (Lipinski definition) is 0. The van der Waals surface area contributed by atoms with Gasteiger partial charge in [0.2, 0.25) is 0 Å². The molecular formula is C11H20O. The molecule has 0 aromatic carbocycles. The van der Waals surface area contributed by atoms with Gasteiger partial charge in [-0.3, -0.25) is 4.79 Å². The highest BCUT2D eigenvalue weighted by Gasteiger charge is 1.97. The molecular weight excluding hydrogens is 148 g/mol. The number of unbranched alkanes of at least 4 members (excludes halogenated alkanes) is 2. The monoisotopic (exact) mass is 168 g/mol. The third-order valence-electron chi connectivity index (χ3n) is 1.81. The lowest BCUT2D eigenvalue weighted by Gasteiger charge is -1.95. The predicted molar refractivity (Wildman–Crippen MR) is 53.2 cm³/mol. The van der Waals surface area contributed by atoms with Crippen LogP contribution in [0.3, 0.4) is 0 Å². The zero-order valence-electron chi connectivity index (χ0n) is 8.31. The van der Waals surface area contributed by atoms with E-state index in [1.165, 1.54) is 12.8 Å². The summed E-state index contributed by atoms with van der Waals surface area (Å²) in [6.07, 6.45) is 9.91. The minimum Gasteiger partial charge on any atom is -0.299 e. The van der Waals surface area contributed by atoms with Crippen molar-refractivity contribution < 1.29 is 4.79 Å². The molecule has 0 atom stereocenters. The summed E-state index contributed by atoms with van der Waals surface area (Å²) in [6, 6.07) is 0. The molecule has 1 heteroatoms. The maximum Gasteiger partial charge on any atom is 0.136 e. The maximum absolute atomic E-state index is 11.1. The van der Waals surface area contributed by atoms with E-state index in [1.54, 1.807) is 0 Å². The molecule has 12 heavy (non-hydrogen) atoms. The Hall–Kier alpha value is -0.590. The quantitative estimate of drug-likeness (QED) is 0.420. The standard InChI is InChI=1S/C11H20O/c1-3-5-7-9-11(12)10-8-6-4-2/h5,7H,3-4,6,8-10H2,1-2H3/b7-5+. The Morgan fingerprint density at radius 1 is 1.17 bits per heavy atom. The van der Waals surface area contributed by atoms with Crippen LogP contribution in [0.25, 0.3) is 0 Å². The molecule has 0 N–H and O–H groups in total. The van der Waals surface area contributed by atoms with E-state index in [2.05, 4.69) is 19.9 Å². The molecule has 0 aromatic heterocycles. The number of carbonyl (C=O) groups is 1. The topological polar surface area (TPSA) is 17.1 Å². The maximum atomic E-state index is 11.1. The molecule has 0 fully saturated rings. The molecule has 0 aliphatic rings. The van der Waals surface area contributed by atoms with Gasteiger partial charge < -0.3 is 0 Å². The Morgan fingerprint density at radius 2 is 1.92 bits per heavy atom. The van der Waals surface area contributed by atoms with E-state index in [0.29, 0.717) is 12.2 Å². The van der Waals surface area contributed by atoms with Crippen molar-refractivity contribution in [1.29, 1.82) is 0 Å². The largest absolute Gasteiger partial charge is 0.299 e. The van der Waals surface area contributed by atoms with Crippen molar-refractivity contribution in [3.63, 3.8) is 0 Å². The number of allylic oxidation sites excluding steroid dienone is 2. The minimum absolute atomic E-state index is 0.383. The molecule has 0 unspecified atom stereocenters. The van der Waals surface area contributed by atoms with E-state index in [0.717, 1.165) is 19.3 Å².